The molecule has 2 N–H and O–H groups in total. The molecular formula is C27H23ClIN3O4. The second kappa shape index (κ2) is 13.0. The van der Waals surface area contributed by atoms with Crippen molar-refractivity contribution in [3.8, 4) is 17.6 Å². The van der Waals surface area contributed by atoms with Gasteiger partial charge in [0.2, 0.25) is 0 Å². The highest BCUT2D eigenvalue weighted by Crippen LogP contribution is 2.35. The van der Waals surface area contributed by atoms with E-state index in [-0.39, 0.29) is 18.1 Å². The van der Waals surface area contributed by atoms with E-state index >= 15 is 0 Å². The molecule has 0 fully saturated rings. The van der Waals surface area contributed by atoms with Crippen molar-refractivity contribution in [2.45, 2.75) is 13.8 Å². The summed E-state index contributed by atoms with van der Waals surface area (Å²) in [6, 6.07) is 19.4. The van der Waals surface area contributed by atoms with Gasteiger partial charge in [-0.2, -0.15) is 5.26 Å². The number of carbonyl (C=O) groups is 2. The third-order valence-electron chi connectivity index (χ3n) is 4.77. The minimum atomic E-state index is -0.569. The van der Waals surface area contributed by atoms with Gasteiger partial charge < -0.3 is 20.1 Å². The van der Waals surface area contributed by atoms with Crippen molar-refractivity contribution < 1.29 is 19.1 Å². The number of rotatable bonds is 9. The lowest BCUT2D eigenvalue weighted by Gasteiger charge is -2.15. The Hall–Kier alpha value is -3.55. The Kier molecular flexibility index (Phi) is 9.73. The molecule has 0 bridgehead atoms. The van der Waals surface area contributed by atoms with Gasteiger partial charge in [0, 0.05) is 16.4 Å². The maximum Gasteiger partial charge on any atom is 0.266 e. The van der Waals surface area contributed by atoms with Gasteiger partial charge >= 0.3 is 0 Å². The zero-order chi connectivity index (χ0) is 26.1. The number of amides is 2. The van der Waals surface area contributed by atoms with Crippen molar-refractivity contribution >= 4 is 63.5 Å². The number of nitriles is 1. The largest absolute Gasteiger partial charge is 0.490 e. The van der Waals surface area contributed by atoms with Crippen molar-refractivity contribution in [2.75, 3.05) is 23.8 Å². The summed E-state index contributed by atoms with van der Waals surface area (Å²) in [5.41, 5.74) is 2.72. The van der Waals surface area contributed by atoms with Gasteiger partial charge in [-0.15, -0.1) is 0 Å². The van der Waals surface area contributed by atoms with Gasteiger partial charge in [0.15, 0.2) is 18.1 Å². The third kappa shape index (κ3) is 7.73. The number of ether oxygens (including phenoxy) is 2. The number of benzene rings is 3. The summed E-state index contributed by atoms with van der Waals surface area (Å²) in [5.74, 6) is -0.0896. The zero-order valence-corrected chi connectivity index (χ0v) is 22.5. The lowest BCUT2D eigenvalue weighted by Crippen LogP contribution is -2.20. The Bertz CT molecular complexity index is 1330. The number of hydrogen-bond acceptors (Lipinski definition) is 5. The van der Waals surface area contributed by atoms with Gasteiger partial charge in [-0.05, 0) is 90.5 Å². The second-order valence-electron chi connectivity index (χ2n) is 7.60. The molecular weight excluding hydrogens is 593 g/mol. The van der Waals surface area contributed by atoms with E-state index in [4.69, 9.17) is 21.1 Å². The highest BCUT2D eigenvalue weighted by atomic mass is 127. The van der Waals surface area contributed by atoms with Gasteiger partial charge in [0.25, 0.3) is 11.8 Å². The number of carbonyl (C=O) groups excluding carboxylic acids is 2. The molecule has 0 aliphatic heterocycles. The fourth-order valence-electron chi connectivity index (χ4n) is 3.13. The molecule has 0 heterocycles. The maximum atomic E-state index is 12.6. The maximum absolute atomic E-state index is 12.6. The van der Waals surface area contributed by atoms with Crippen molar-refractivity contribution in [2.24, 2.45) is 0 Å². The molecule has 3 rings (SSSR count). The normalized spacial score (nSPS) is 10.8. The zero-order valence-electron chi connectivity index (χ0n) is 19.6. The summed E-state index contributed by atoms with van der Waals surface area (Å²) < 4.78 is 12.2. The van der Waals surface area contributed by atoms with Crippen LogP contribution in [-0.4, -0.2) is 25.0 Å². The van der Waals surface area contributed by atoms with Crippen LogP contribution >= 0.6 is 34.2 Å². The van der Waals surface area contributed by atoms with Crippen LogP contribution in [0.25, 0.3) is 6.08 Å². The molecule has 0 aliphatic rings. The molecule has 0 saturated heterocycles. The predicted octanol–water partition coefficient (Wildman–Crippen LogP) is 6.21. The summed E-state index contributed by atoms with van der Waals surface area (Å²) >= 11 is 8.02. The van der Waals surface area contributed by atoms with E-state index < -0.39 is 5.91 Å². The van der Waals surface area contributed by atoms with E-state index in [9.17, 15) is 14.9 Å². The molecule has 3 aromatic rings. The van der Waals surface area contributed by atoms with Gasteiger partial charge in [-0.25, -0.2) is 0 Å². The SMILES string of the molecule is CCOc1cc(/C=C(\C#N)C(=O)Nc2cccc(Cl)c2)cc(I)c1OCC(=O)Nc1ccc(C)cc1. The van der Waals surface area contributed by atoms with Gasteiger partial charge in [0.1, 0.15) is 11.6 Å². The van der Waals surface area contributed by atoms with Crippen molar-refractivity contribution in [3.63, 3.8) is 0 Å². The molecule has 0 aromatic heterocycles. The van der Waals surface area contributed by atoms with Crippen LogP contribution in [0, 0.1) is 21.8 Å². The first-order valence-corrected chi connectivity index (χ1v) is 12.4. The van der Waals surface area contributed by atoms with E-state index in [1.54, 1.807) is 36.4 Å². The standard InChI is InChI=1S/C27H23ClIN3O4/c1-3-35-24-13-18(11-19(15-30)27(34)32-22-6-4-5-20(28)14-22)12-23(29)26(24)36-16-25(33)31-21-9-7-17(2)8-10-21/h4-14H,3,16H2,1-2H3,(H,31,33)(H,32,34)/b19-11+. The molecule has 0 aliphatic carbocycles. The summed E-state index contributed by atoms with van der Waals surface area (Å²) in [6.45, 7) is 3.93. The minimum absolute atomic E-state index is 0.0978. The lowest BCUT2D eigenvalue weighted by atomic mass is 10.1. The predicted molar refractivity (Wildman–Crippen MR) is 149 cm³/mol. The number of halogens is 2. The first-order chi connectivity index (χ1) is 17.3. The van der Waals surface area contributed by atoms with Crippen molar-refractivity contribution in [3.05, 3.63) is 86.0 Å². The van der Waals surface area contributed by atoms with E-state index in [1.165, 1.54) is 6.08 Å². The number of aryl methyl sites for hydroxylation is 1. The van der Waals surface area contributed by atoms with E-state index in [1.807, 2.05) is 44.2 Å². The number of nitrogens with zero attached hydrogens (tertiary/aromatic N) is 1. The van der Waals surface area contributed by atoms with Gasteiger partial charge in [-0.1, -0.05) is 35.4 Å². The molecule has 0 atom stereocenters. The average molecular weight is 616 g/mol. The van der Waals surface area contributed by atoms with Crippen LogP contribution < -0.4 is 20.1 Å². The van der Waals surface area contributed by atoms with Crippen LogP contribution in [-0.2, 0) is 9.59 Å². The van der Waals surface area contributed by atoms with Crippen LogP contribution in [0.3, 0.4) is 0 Å². The summed E-state index contributed by atoms with van der Waals surface area (Å²) in [7, 11) is 0. The quantitative estimate of drug-likeness (QED) is 0.169. The van der Waals surface area contributed by atoms with Crippen LogP contribution in [0.5, 0.6) is 11.5 Å². The molecule has 2 amide bonds. The fourth-order valence-corrected chi connectivity index (χ4v) is 4.10. The molecule has 0 spiro atoms. The Labute approximate surface area is 228 Å². The smallest absolute Gasteiger partial charge is 0.266 e. The monoisotopic (exact) mass is 615 g/mol. The van der Waals surface area contributed by atoms with Crippen LogP contribution in [0.2, 0.25) is 5.02 Å². The van der Waals surface area contributed by atoms with E-state index in [2.05, 4.69) is 33.2 Å². The highest BCUT2D eigenvalue weighted by molar-refractivity contribution is 14.1. The molecule has 7 nitrogen and oxygen atoms in total. The number of anilines is 2. The van der Waals surface area contributed by atoms with Gasteiger partial charge in [-0.3, -0.25) is 9.59 Å². The first kappa shape index (κ1) is 27.0. The topological polar surface area (TPSA) is 100 Å². The Balaban J connectivity index is 1.76. The summed E-state index contributed by atoms with van der Waals surface area (Å²) in [6.07, 6.45) is 1.46. The number of hydrogen-bond donors (Lipinski definition) is 2. The lowest BCUT2D eigenvalue weighted by molar-refractivity contribution is -0.118. The van der Waals surface area contributed by atoms with Crippen LogP contribution in [0.1, 0.15) is 18.1 Å². The van der Waals surface area contributed by atoms with Crippen LogP contribution in [0.15, 0.2) is 66.2 Å². The molecule has 184 valence electrons. The van der Waals surface area contributed by atoms with Gasteiger partial charge in [0.05, 0.1) is 10.2 Å². The molecule has 0 radical (unpaired) electrons. The number of nitrogens with one attached hydrogen (secondary N) is 2. The molecule has 3 aromatic carbocycles. The van der Waals surface area contributed by atoms with E-state index in [0.29, 0.717) is 43.6 Å². The Morgan fingerprint density at radius 1 is 1.06 bits per heavy atom. The highest BCUT2D eigenvalue weighted by Gasteiger charge is 2.16. The second-order valence-corrected chi connectivity index (χ2v) is 9.20. The molecule has 9 heteroatoms. The Morgan fingerprint density at radius 3 is 2.47 bits per heavy atom. The average Bonchev–Trinajstić information content (AvgIpc) is 2.83. The first-order valence-electron chi connectivity index (χ1n) is 10.9. The Morgan fingerprint density at radius 2 is 1.81 bits per heavy atom. The summed E-state index contributed by atoms with van der Waals surface area (Å²) in [4.78, 5) is 25.0. The minimum Gasteiger partial charge on any atom is -0.490 e. The van der Waals surface area contributed by atoms with Crippen molar-refractivity contribution in [1.82, 2.24) is 0 Å². The fraction of sp³-hybridized carbons (Fsp3) is 0.148. The molecule has 0 unspecified atom stereocenters. The molecule has 36 heavy (non-hydrogen) atoms. The molecule has 0 saturated carbocycles. The van der Waals surface area contributed by atoms with Crippen molar-refractivity contribution in [1.29, 1.82) is 5.26 Å². The van der Waals surface area contributed by atoms with E-state index in [0.717, 1.165) is 5.56 Å². The summed E-state index contributed by atoms with van der Waals surface area (Å²) in [5, 5.41) is 15.5. The van der Waals surface area contributed by atoms with Crippen LogP contribution in [0.4, 0.5) is 11.4 Å². The third-order valence-corrected chi connectivity index (χ3v) is 5.81.